The van der Waals surface area contributed by atoms with E-state index in [1.54, 1.807) is 24.3 Å². The smallest absolute Gasteiger partial charge is 0.195 e. The number of thiophene rings is 1. The molecule has 0 unspecified atom stereocenters. The summed E-state index contributed by atoms with van der Waals surface area (Å²) in [6.45, 7) is 0. The minimum absolute atomic E-state index is 0.200. The standard InChI is InChI=1S/C13H10Cl2O3S/c1-17-9-4-3-7(5-10(9)18-2)12(16)8-6-11(14)19-13(8)15/h3-6H,1-2H3. The maximum Gasteiger partial charge on any atom is 0.195 e. The Morgan fingerprint density at radius 2 is 1.79 bits per heavy atom. The molecule has 1 heterocycles. The molecule has 100 valence electrons. The molecule has 0 aliphatic rings. The number of halogens is 2. The first-order valence-electron chi connectivity index (χ1n) is 5.28. The Bertz CT molecular complexity index is 622. The van der Waals surface area contributed by atoms with Gasteiger partial charge in [-0.05, 0) is 24.3 Å². The van der Waals surface area contributed by atoms with Gasteiger partial charge in [0, 0.05) is 5.56 Å². The van der Waals surface area contributed by atoms with E-state index in [-0.39, 0.29) is 5.78 Å². The molecular weight excluding hydrogens is 307 g/mol. The molecular formula is C13H10Cl2O3S. The van der Waals surface area contributed by atoms with Crippen LogP contribution in [0, 0.1) is 0 Å². The van der Waals surface area contributed by atoms with E-state index in [1.165, 1.54) is 14.2 Å². The molecule has 0 amide bonds. The zero-order valence-electron chi connectivity index (χ0n) is 10.2. The van der Waals surface area contributed by atoms with Gasteiger partial charge >= 0.3 is 0 Å². The second kappa shape index (κ2) is 5.82. The largest absolute Gasteiger partial charge is 0.493 e. The molecule has 0 aliphatic carbocycles. The maximum atomic E-state index is 12.3. The predicted molar refractivity (Wildman–Crippen MR) is 77.3 cm³/mol. The Balaban J connectivity index is 2.42. The van der Waals surface area contributed by atoms with E-state index in [9.17, 15) is 4.79 Å². The topological polar surface area (TPSA) is 35.5 Å². The van der Waals surface area contributed by atoms with Crippen molar-refractivity contribution in [3.8, 4) is 11.5 Å². The molecule has 3 nitrogen and oxygen atoms in total. The van der Waals surface area contributed by atoms with Crippen LogP contribution >= 0.6 is 34.5 Å². The number of ether oxygens (including phenoxy) is 2. The number of hydrogen-bond acceptors (Lipinski definition) is 4. The van der Waals surface area contributed by atoms with Crippen LogP contribution in [0.5, 0.6) is 11.5 Å². The van der Waals surface area contributed by atoms with Crippen molar-refractivity contribution in [1.29, 1.82) is 0 Å². The summed E-state index contributed by atoms with van der Waals surface area (Å²) in [5.41, 5.74) is 0.859. The third-order valence-electron chi connectivity index (χ3n) is 2.55. The van der Waals surface area contributed by atoms with Crippen LogP contribution in [0.2, 0.25) is 8.67 Å². The first-order chi connectivity index (χ1) is 9.06. The lowest BCUT2D eigenvalue weighted by Gasteiger charge is -2.08. The molecule has 6 heteroatoms. The third kappa shape index (κ3) is 2.86. The van der Waals surface area contributed by atoms with Gasteiger partial charge in [-0.2, -0.15) is 0 Å². The van der Waals surface area contributed by atoms with Crippen molar-refractivity contribution >= 4 is 40.3 Å². The second-order valence-corrected chi connectivity index (χ2v) is 5.92. The van der Waals surface area contributed by atoms with Gasteiger partial charge in [0.2, 0.25) is 0 Å². The quantitative estimate of drug-likeness (QED) is 0.789. The Morgan fingerprint density at radius 1 is 1.11 bits per heavy atom. The average Bonchev–Trinajstić information content (AvgIpc) is 2.76. The van der Waals surface area contributed by atoms with Gasteiger partial charge in [-0.25, -0.2) is 0 Å². The first-order valence-corrected chi connectivity index (χ1v) is 6.85. The van der Waals surface area contributed by atoms with Gasteiger partial charge in [0.1, 0.15) is 4.34 Å². The number of hydrogen-bond donors (Lipinski definition) is 0. The van der Waals surface area contributed by atoms with E-state index in [0.717, 1.165) is 11.3 Å². The highest BCUT2D eigenvalue weighted by Gasteiger charge is 2.17. The van der Waals surface area contributed by atoms with Gasteiger partial charge in [0.15, 0.2) is 17.3 Å². The minimum atomic E-state index is -0.200. The monoisotopic (exact) mass is 316 g/mol. The van der Waals surface area contributed by atoms with E-state index >= 15 is 0 Å². The van der Waals surface area contributed by atoms with Gasteiger partial charge < -0.3 is 9.47 Å². The van der Waals surface area contributed by atoms with Crippen molar-refractivity contribution in [2.24, 2.45) is 0 Å². The lowest BCUT2D eigenvalue weighted by molar-refractivity contribution is 0.103. The molecule has 0 radical (unpaired) electrons. The van der Waals surface area contributed by atoms with Crippen LogP contribution in [0.15, 0.2) is 24.3 Å². The van der Waals surface area contributed by atoms with Gasteiger partial charge in [0.25, 0.3) is 0 Å². The molecule has 2 rings (SSSR count). The molecule has 0 saturated carbocycles. The Labute approximate surface area is 124 Å². The molecule has 1 aromatic heterocycles. The molecule has 0 N–H and O–H groups in total. The number of benzene rings is 1. The minimum Gasteiger partial charge on any atom is -0.493 e. The fourth-order valence-electron chi connectivity index (χ4n) is 1.63. The van der Waals surface area contributed by atoms with E-state index in [0.29, 0.717) is 31.3 Å². The SMILES string of the molecule is COc1ccc(C(=O)c2cc(Cl)sc2Cl)cc1OC. The van der Waals surface area contributed by atoms with Gasteiger partial charge in [-0.1, -0.05) is 23.2 Å². The van der Waals surface area contributed by atoms with Crippen LogP contribution in [0.3, 0.4) is 0 Å². The van der Waals surface area contributed by atoms with Crippen molar-refractivity contribution in [1.82, 2.24) is 0 Å². The summed E-state index contributed by atoms with van der Waals surface area (Å²) in [6.07, 6.45) is 0. The number of carbonyl (C=O) groups is 1. The van der Waals surface area contributed by atoms with Crippen LogP contribution in [-0.2, 0) is 0 Å². The number of ketones is 1. The van der Waals surface area contributed by atoms with Crippen molar-refractivity contribution in [3.05, 3.63) is 44.1 Å². The second-order valence-electron chi connectivity index (χ2n) is 3.64. The molecule has 0 aliphatic heterocycles. The van der Waals surface area contributed by atoms with Crippen molar-refractivity contribution < 1.29 is 14.3 Å². The van der Waals surface area contributed by atoms with Crippen LogP contribution in [-0.4, -0.2) is 20.0 Å². The third-order valence-corrected chi connectivity index (χ3v) is 4.03. The number of rotatable bonds is 4. The molecule has 0 fully saturated rings. The fourth-order valence-corrected chi connectivity index (χ4v) is 3.09. The summed E-state index contributed by atoms with van der Waals surface area (Å²) in [5.74, 6) is 0.855. The molecule has 2 aromatic rings. The van der Waals surface area contributed by atoms with Crippen LogP contribution in [0.4, 0.5) is 0 Å². The van der Waals surface area contributed by atoms with Crippen LogP contribution in [0.25, 0.3) is 0 Å². The lowest BCUT2D eigenvalue weighted by Crippen LogP contribution is -2.01. The average molecular weight is 317 g/mol. The Morgan fingerprint density at radius 3 is 2.32 bits per heavy atom. The zero-order chi connectivity index (χ0) is 14.0. The van der Waals surface area contributed by atoms with Crippen LogP contribution < -0.4 is 9.47 Å². The zero-order valence-corrected chi connectivity index (χ0v) is 12.5. The lowest BCUT2D eigenvalue weighted by atomic mass is 10.1. The van der Waals surface area contributed by atoms with E-state index < -0.39 is 0 Å². The van der Waals surface area contributed by atoms with Gasteiger partial charge in [-0.3, -0.25) is 4.79 Å². The molecule has 0 atom stereocenters. The number of methoxy groups -OCH3 is 2. The summed E-state index contributed by atoms with van der Waals surface area (Å²) in [5, 5.41) is 0. The van der Waals surface area contributed by atoms with Crippen molar-refractivity contribution in [2.45, 2.75) is 0 Å². The summed E-state index contributed by atoms with van der Waals surface area (Å²) >= 11 is 13.0. The van der Waals surface area contributed by atoms with Crippen molar-refractivity contribution in [3.63, 3.8) is 0 Å². The summed E-state index contributed by atoms with van der Waals surface area (Å²) in [4.78, 5) is 12.3. The molecule has 1 aromatic carbocycles. The van der Waals surface area contributed by atoms with E-state index in [2.05, 4.69) is 0 Å². The van der Waals surface area contributed by atoms with Gasteiger partial charge in [-0.15, -0.1) is 11.3 Å². The Kier molecular flexibility index (Phi) is 4.34. The summed E-state index contributed by atoms with van der Waals surface area (Å²) in [7, 11) is 3.05. The summed E-state index contributed by atoms with van der Waals surface area (Å²) < 4.78 is 11.1. The maximum absolute atomic E-state index is 12.3. The van der Waals surface area contributed by atoms with E-state index in [4.69, 9.17) is 32.7 Å². The normalized spacial score (nSPS) is 10.3. The fraction of sp³-hybridized carbons (Fsp3) is 0.154. The summed E-state index contributed by atoms with van der Waals surface area (Å²) in [6, 6.07) is 6.51. The molecule has 0 spiro atoms. The van der Waals surface area contributed by atoms with Crippen molar-refractivity contribution in [2.75, 3.05) is 14.2 Å². The highest BCUT2D eigenvalue weighted by atomic mass is 35.5. The highest BCUT2D eigenvalue weighted by molar-refractivity contribution is 7.20. The molecule has 19 heavy (non-hydrogen) atoms. The van der Waals surface area contributed by atoms with Crippen LogP contribution in [0.1, 0.15) is 15.9 Å². The highest BCUT2D eigenvalue weighted by Crippen LogP contribution is 2.34. The van der Waals surface area contributed by atoms with Gasteiger partial charge in [0.05, 0.1) is 24.1 Å². The molecule has 0 saturated heterocycles. The van der Waals surface area contributed by atoms with E-state index in [1.807, 2.05) is 0 Å². The number of carbonyl (C=O) groups excluding carboxylic acids is 1. The predicted octanol–water partition coefficient (Wildman–Crippen LogP) is 4.30. The molecule has 0 bridgehead atoms. The first kappa shape index (κ1) is 14.2. The Hall–Kier alpha value is -1.23.